The number of hydrogen-bond donors (Lipinski definition) is 2. The highest BCUT2D eigenvalue weighted by Gasteiger charge is 2.37. The van der Waals surface area contributed by atoms with E-state index in [0.29, 0.717) is 6.07 Å². The van der Waals surface area contributed by atoms with E-state index < -0.39 is 40.9 Å². The number of benzene rings is 2. The summed E-state index contributed by atoms with van der Waals surface area (Å²) in [6.07, 6.45) is -4.98. The van der Waals surface area contributed by atoms with Crippen LogP contribution < -0.4 is 15.5 Å². The number of carbonyl (C=O) groups excluding carboxylic acids is 2. The summed E-state index contributed by atoms with van der Waals surface area (Å²) in [5, 5.41) is 6.75. The molecule has 8 nitrogen and oxygen atoms in total. The molecule has 3 rings (SSSR count). The molecular weight excluding hydrogens is 479 g/mol. The van der Waals surface area contributed by atoms with Gasteiger partial charge in [-0.25, -0.2) is 18.6 Å². The van der Waals surface area contributed by atoms with Crippen LogP contribution in [0.25, 0.3) is 11.1 Å². The lowest BCUT2D eigenvalue weighted by molar-refractivity contribution is -0.139. The monoisotopic (exact) mass is 498 g/mol. The molecule has 186 valence electrons. The molecule has 0 aliphatic heterocycles. The molecule has 0 spiro atoms. The van der Waals surface area contributed by atoms with Crippen LogP contribution in [-0.4, -0.2) is 35.8 Å². The molecule has 0 saturated carbocycles. The number of carbonyl (C=O) groups is 2. The summed E-state index contributed by atoms with van der Waals surface area (Å²) in [6.45, 7) is 1.25. The number of methoxy groups -OCH3 is 1. The third-order valence-corrected chi connectivity index (χ3v) is 4.81. The van der Waals surface area contributed by atoms with Gasteiger partial charge in [-0.05, 0) is 35.3 Å². The van der Waals surface area contributed by atoms with Gasteiger partial charge in [-0.2, -0.15) is 13.2 Å². The lowest BCUT2D eigenvalue weighted by atomic mass is 9.97. The number of amides is 3. The first kappa shape index (κ1) is 25.5. The number of rotatable bonds is 6. The number of nitrogens with one attached hydrogen (secondary N) is 2. The predicted octanol–water partition coefficient (Wildman–Crippen LogP) is 4.52. The minimum absolute atomic E-state index is 0.0318. The maximum absolute atomic E-state index is 14.6. The van der Waals surface area contributed by atoms with Crippen molar-refractivity contribution in [3.63, 3.8) is 0 Å². The van der Waals surface area contributed by atoms with E-state index in [0.717, 1.165) is 23.2 Å². The van der Waals surface area contributed by atoms with E-state index in [1.165, 1.54) is 25.3 Å². The maximum atomic E-state index is 14.6. The number of urea groups is 1. The molecule has 1 aromatic heterocycles. The molecule has 0 atom stereocenters. The van der Waals surface area contributed by atoms with E-state index >= 15 is 0 Å². The van der Waals surface area contributed by atoms with E-state index in [2.05, 4.69) is 15.9 Å². The SMILES string of the molecule is CCN(NC(=O)c1cc(OC)no1)C(=O)NCc1ccc(-c2cccc(F)c2C(F)(F)F)cc1F. The molecule has 2 N–H and O–H groups in total. The molecule has 0 fully saturated rings. The number of aromatic nitrogens is 1. The zero-order valence-electron chi connectivity index (χ0n) is 18.4. The average molecular weight is 498 g/mol. The molecule has 3 aromatic rings. The Hall–Kier alpha value is -4.16. The molecule has 2 aromatic carbocycles. The van der Waals surface area contributed by atoms with Gasteiger partial charge in [0.15, 0.2) is 0 Å². The molecular formula is C22H19F5N4O4. The number of nitrogens with zero attached hydrogens (tertiary/aromatic N) is 2. The largest absolute Gasteiger partial charge is 0.479 e. The summed E-state index contributed by atoms with van der Waals surface area (Å²) >= 11 is 0. The zero-order chi connectivity index (χ0) is 25.8. The number of halogens is 5. The van der Waals surface area contributed by atoms with Gasteiger partial charge in [-0.15, -0.1) is 0 Å². The molecule has 0 aliphatic carbocycles. The Morgan fingerprint density at radius 3 is 2.46 bits per heavy atom. The van der Waals surface area contributed by atoms with Gasteiger partial charge in [-0.3, -0.25) is 10.2 Å². The Balaban J connectivity index is 1.70. The fourth-order valence-electron chi connectivity index (χ4n) is 3.09. The van der Waals surface area contributed by atoms with Crippen LogP contribution in [0, 0.1) is 11.6 Å². The fraction of sp³-hybridized carbons (Fsp3) is 0.227. The molecule has 0 saturated heterocycles. The van der Waals surface area contributed by atoms with E-state index in [4.69, 9.17) is 9.26 Å². The van der Waals surface area contributed by atoms with Crippen molar-refractivity contribution in [1.29, 1.82) is 0 Å². The summed E-state index contributed by atoms with van der Waals surface area (Å²) < 4.78 is 77.9. The molecule has 0 radical (unpaired) electrons. The summed E-state index contributed by atoms with van der Waals surface area (Å²) in [4.78, 5) is 24.6. The van der Waals surface area contributed by atoms with Crippen LogP contribution in [0.2, 0.25) is 0 Å². The van der Waals surface area contributed by atoms with Gasteiger partial charge in [0, 0.05) is 18.7 Å². The Morgan fingerprint density at radius 1 is 1.11 bits per heavy atom. The first-order valence-corrected chi connectivity index (χ1v) is 10.1. The average Bonchev–Trinajstić information content (AvgIpc) is 3.30. The fourth-order valence-corrected chi connectivity index (χ4v) is 3.09. The number of ether oxygens (including phenoxy) is 1. The van der Waals surface area contributed by atoms with Crippen LogP contribution in [0.4, 0.5) is 26.7 Å². The molecule has 1 heterocycles. The third-order valence-electron chi connectivity index (χ3n) is 4.81. The van der Waals surface area contributed by atoms with E-state index in [9.17, 15) is 31.5 Å². The highest BCUT2D eigenvalue weighted by Crippen LogP contribution is 2.39. The molecule has 0 aliphatic rings. The lowest BCUT2D eigenvalue weighted by Gasteiger charge is -2.21. The second-order valence-electron chi connectivity index (χ2n) is 7.04. The Bertz CT molecular complexity index is 1230. The Labute approximate surface area is 195 Å². The topological polar surface area (TPSA) is 96.7 Å². The van der Waals surface area contributed by atoms with Crippen LogP contribution in [0.15, 0.2) is 47.0 Å². The molecule has 0 bridgehead atoms. The van der Waals surface area contributed by atoms with Gasteiger partial charge in [0.1, 0.15) is 11.6 Å². The molecule has 35 heavy (non-hydrogen) atoms. The molecule has 13 heteroatoms. The van der Waals surface area contributed by atoms with E-state index in [1.807, 2.05) is 0 Å². The van der Waals surface area contributed by atoms with Crippen LogP contribution in [0.5, 0.6) is 5.88 Å². The van der Waals surface area contributed by atoms with Crippen molar-refractivity contribution < 1.29 is 40.8 Å². The number of hydrazine groups is 1. The van der Waals surface area contributed by atoms with Gasteiger partial charge in [0.25, 0.3) is 5.88 Å². The normalized spacial score (nSPS) is 11.2. The van der Waals surface area contributed by atoms with Crippen LogP contribution in [0.3, 0.4) is 0 Å². The van der Waals surface area contributed by atoms with Crippen LogP contribution in [0.1, 0.15) is 28.6 Å². The minimum Gasteiger partial charge on any atom is -0.479 e. The maximum Gasteiger partial charge on any atom is 0.419 e. The zero-order valence-corrected chi connectivity index (χ0v) is 18.4. The summed E-state index contributed by atoms with van der Waals surface area (Å²) in [5.41, 5.74) is 0.0334. The van der Waals surface area contributed by atoms with Crippen molar-refractivity contribution in [2.75, 3.05) is 13.7 Å². The highest BCUT2D eigenvalue weighted by molar-refractivity contribution is 5.92. The Morgan fingerprint density at radius 2 is 1.86 bits per heavy atom. The van der Waals surface area contributed by atoms with E-state index in [1.54, 1.807) is 6.92 Å². The van der Waals surface area contributed by atoms with Crippen LogP contribution >= 0.6 is 0 Å². The second-order valence-corrected chi connectivity index (χ2v) is 7.04. The first-order valence-electron chi connectivity index (χ1n) is 10.1. The molecule has 0 unspecified atom stereocenters. The third kappa shape index (κ3) is 5.86. The van der Waals surface area contributed by atoms with Crippen LogP contribution in [-0.2, 0) is 12.7 Å². The Kier molecular flexibility index (Phi) is 7.57. The van der Waals surface area contributed by atoms with Crippen molar-refractivity contribution in [1.82, 2.24) is 20.9 Å². The predicted molar refractivity (Wildman–Crippen MR) is 112 cm³/mol. The first-order chi connectivity index (χ1) is 16.5. The quantitative estimate of drug-likeness (QED) is 0.385. The van der Waals surface area contributed by atoms with Crippen molar-refractivity contribution in [3.05, 3.63) is 71.0 Å². The van der Waals surface area contributed by atoms with Gasteiger partial charge in [0.2, 0.25) is 5.76 Å². The smallest absolute Gasteiger partial charge is 0.419 e. The standard InChI is InChI=1S/C22H19F5N4O4/c1-3-31(29-20(32)17-10-18(34-2)30-35-17)21(33)28-11-13-8-7-12(9-16(13)24)14-5-4-6-15(23)19(14)22(25,26)27/h4-10H,3,11H2,1-2H3,(H,28,33)(H,29,32). The summed E-state index contributed by atoms with van der Waals surface area (Å²) in [6, 6.07) is 6.40. The van der Waals surface area contributed by atoms with E-state index in [-0.39, 0.29) is 35.9 Å². The van der Waals surface area contributed by atoms with Crippen molar-refractivity contribution in [2.45, 2.75) is 19.6 Å². The summed E-state index contributed by atoms with van der Waals surface area (Å²) in [5.74, 6) is -3.34. The second kappa shape index (κ2) is 10.4. The lowest BCUT2D eigenvalue weighted by Crippen LogP contribution is -2.50. The molecule has 3 amide bonds. The number of alkyl halides is 3. The van der Waals surface area contributed by atoms with Gasteiger partial charge >= 0.3 is 18.1 Å². The minimum atomic E-state index is -4.98. The van der Waals surface area contributed by atoms with Gasteiger partial charge in [-0.1, -0.05) is 24.3 Å². The number of hydrogen-bond acceptors (Lipinski definition) is 5. The van der Waals surface area contributed by atoms with Crippen molar-refractivity contribution in [2.24, 2.45) is 0 Å². The summed E-state index contributed by atoms with van der Waals surface area (Å²) in [7, 11) is 1.32. The van der Waals surface area contributed by atoms with Gasteiger partial charge in [0.05, 0.1) is 18.7 Å². The highest BCUT2D eigenvalue weighted by atomic mass is 19.4. The van der Waals surface area contributed by atoms with Gasteiger partial charge < -0.3 is 14.6 Å². The van der Waals surface area contributed by atoms with Crippen molar-refractivity contribution >= 4 is 11.9 Å². The van der Waals surface area contributed by atoms with Crippen molar-refractivity contribution in [3.8, 4) is 17.0 Å².